The number of methoxy groups -OCH3 is 2. The van der Waals surface area contributed by atoms with E-state index in [2.05, 4.69) is 55.6 Å². The van der Waals surface area contributed by atoms with Crippen molar-refractivity contribution in [1.29, 1.82) is 0 Å². The summed E-state index contributed by atoms with van der Waals surface area (Å²) in [4.78, 5) is 24.9. The topological polar surface area (TPSA) is 111 Å². The van der Waals surface area contributed by atoms with Gasteiger partial charge in [-0.1, -0.05) is 18.7 Å². The maximum Gasteiger partial charge on any atom is 0.258 e. The van der Waals surface area contributed by atoms with Gasteiger partial charge in [-0.05, 0) is 26.6 Å². The second kappa shape index (κ2) is 12.0. The van der Waals surface area contributed by atoms with Gasteiger partial charge in [0.05, 0.1) is 50.1 Å². The molecule has 3 heterocycles. The number of nitrogens with one attached hydrogen (secondary N) is 1. The third-order valence-corrected chi connectivity index (χ3v) is 7.37. The first-order valence-electron chi connectivity index (χ1n) is 12.1. The Balaban J connectivity index is 1.58. The lowest BCUT2D eigenvalue weighted by molar-refractivity contribution is 0.0358. The molecule has 1 fully saturated rings. The molecule has 0 bridgehead atoms. The fourth-order valence-electron chi connectivity index (χ4n) is 4.42. The molecule has 0 amide bonds. The van der Waals surface area contributed by atoms with Gasteiger partial charge in [-0.3, -0.25) is 14.6 Å². The number of hydrogen-bond acceptors (Lipinski definition) is 10. The Morgan fingerprint density at radius 2 is 1.86 bits per heavy atom. The summed E-state index contributed by atoms with van der Waals surface area (Å²) in [5.41, 5.74) is 0.338. The van der Waals surface area contributed by atoms with Gasteiger partial charge in [0.15, 0.2) is 22.5 Å². The minimum atomic E-state index is -0.218. The summed E-state index contributed by atoms with van der Waals surface area (Å²) in [6, 6.07) is 3.54. The molecule has 1 aliphatic heterocycles. The summed E-state index contributed by atoms with van der Waals surface area (Å²) in [5, 5.41) is 10.4. The second-order valence-electron chi connectivity index (χ2n) is 8.86. The molecular weight excluding hydrogens is 482 g/mol. The number of ether oxygens (including phenoxy) is 3. The summed E-state index contributed by atoms with van der Waals surface area (Å²) in [6.45, 7) is 7.24. The molecular formula is C24H35N7O4S. The lowest BCUT2D eigenvalue weighted by atomic mass is 10.2. The van der Waals surface area contributed by atoms with Crippen LogP contribution in [0.5, 0.6) is 11.5 Å². The zero-order chi connectivity index (χ0) is 25.7. The first-order chi connectivity index (χ1) is 17.4. The van der Waals surface area contributed by atoms with Crippen molar-refractivity contribution in [2.45, 2.75) is 36.8 Å². The molecule has 0 aliphatic carbocycles. The summed E-state index contributed by atoms with van der Waals surface area (Å²) in [7, 11) is 7.23. The van der Waals surface area contributed by atoms with Crippen molar-refractivity contribution >= 4 is 22.7 Å². The highest BCUT2D eigenvalue weighted by molar-refractivity contribution is 7.98. The predicted octanol–water partition coefficient (Wildman–Crippen LogP) is 2.17. The number of rotatable bonds is 11. The van der Waals surface area contributed by atoms with E-state index in [1.54, 1.807) is 26.4 Å². The van der Waals surface area contributed by atoms with Gasteiger partial charge in [-0.15, -0.1) is 10.2 Å². The molecule has 0 unspecified atom stereocenters. The molecule has 1 aromatic carbocycles. The van der Waals surface area contributed by atoms with Crippen LogP contribution in [0, 0.1) is 0 Å². The SMILES string of the molecule is CC[C@@H](c1nnc(SCc2nc3cc(OC)c(OC)cc3c(=O)[nH]2)n1CCN1CCOCC1)N(C)C. The van der Waals surface area contributed by atoms with Gasteiger partial charge in [0.1, 0.15) is 5.82 Å². The van der Waals surface area contributed by atoms with Crippen molar-refractivity contribution in [3.05, 3.63) is 34.1 Å². The highest BCUT2D eigenvalue weighted by atomic mass is 32.2. The van der Waals surface area contributed by atoms with Gasteiger partial charge in [0.2, 0.25) is 0 Å². The van der Waals surface area contributed by atoms with Crippen molar-refractivity contribution < 1.29 is 14.2 Å². The van der Waals surface area contributed by atoms with E-state index in [-0.39, 0.29) is 11.6 Å². The maximum atomic E-state index is 12.8. The number of morpholine rings is 1. The number of H-pyrrole nitrogens is 1. The third-order valence-electron chi connectivity index (χ3n) is 6.39. The predicted molar refractivity (Wildman–Crippen MR) is 139 cm³/mol. The largest absolute Gasteiger partial charge is 0.493 e. The number of benzene rings is 1. The highest BCUT2D eigenvalue weighted by Gasteiger charge is 2.23. The zero-order valence-corrected chi connectivity index (χ0v) is 22.4. The van der Waals surface area contributed by atoms with Crippen LogP contribution in [0.1, 0.15) is 31.0 Å². The molecule has 11 nitrogen and oxygen atoms in total. The lowest BCUT2D eigenvalue weighted by Gasteiger charge is -2.28. The van der Waals surface area contributed by atoms with E-state index >= 15 is 0 Å². The third kappa shape index (κ3) is 5.83. The van der Waals surface area contributed by atoms with E-state index in [4.69, 9.17) is 14.2 Å². The summed E-state index contributed by atoms with van der Waals surface area (Å²) < 4.78 is 18.4. The number of aromatic amines is 1. The molecule has 3 aromatic rings. The Labute approximate surface area is 215 Å². The fourth-order valence-corrected chi connectivity index (χ4v) is 5.27. The Morgan fingerprint density at radius 3 is 2.53 bits per heavy atom. The molecule has 0 saturated carbocycles. The Morgan fingerprint density at radius 1 is 1.14 bits per heavy atom. The normalized spacial score (nSPS) is 15.5. The number of thioether (sulfide) groups is 1. The summed E-state index contributed by atoms with van der Waals surface area (Å²) >= 11 is 1.52. The summed E-state index contributed by atoms with van der Waals surface area (Å²) in [5.74, 6) is 2.99. The van der Waals surface area contributed by atoms with E-state index in [1.165, 1.54) is 11.8 Å². The molecule has 2 aromatic heterocycles. The van der Waals surface area contributed by atoms with E-state index in [0.717, 1.165) is 56.8 Å². The minimum absolute atomic E-state index is 0.164. The van der Waals surface area contributed by atoms with Crippen molar-refractivity contribution in [3.8, 4) is 11.5 Å². The average Bonchev–Trinajstić information content (AvgIpc) is 3.28. The van der Waals surface area contributed by atoms with Crippen molar-refractivity contribution in [2.75, 3.05) is 61.2 Å². The van der Waals surface area contributed by atoms with Crippen LogP contribution in [0.2, 0.25) is 0 Å². The molecule has 4 rings (SSSR count). The Hall–Kier alpha value is -2.67. The first kappa shape index (κ1) is 26.4. The van der Waals surface area contributed by atoms with Crippen molar-refractivity contribution in [2.24, 2.45) is 0 Å². The van der Waals surface area contributed by atoms with Crippen LogP contribution in [0.4, 0.5) is 0 Å². The highest BCUT2D eigenvalue weighted by Crippen LogP contribution is 2.31. The van der Waals surface area contributed by atoms with E-state index in [9.17, 15) is 4.79 Å². The van der Waals surface area contributed by atoms with Crippen LogP contribution < -0.4 is 15.0 Å². The molecule has 0 spiro atoms. The van der Waals surface area contributed by atoms with E-state index in [0.29, 0.717) is 34.0 Å². The maximum absolute atomic E-state index is 12.8. The monoisotopic (exact) mass is 517 g/mol. The zero-order valence-electron chi connectivity index (χ0n) is 21.6. The van der Waals surface area contributed by atoms with Crippen molar-refractivity contribution in [1.82, 2.24) is 34.5 Å². The molecule has 196 valence electrons. The quantitative estimate of drug-likeness (QED) is 0.380. The molecule has 1 saturated heterocycles. The van der Waals surface area contributed by atoms with Crippen LogP contribution in [0.25, 0.3) is 10.9 Å². The number of aromatic nitrogens is 5. The smallest absolute Gasteiger partial charge is 0.258 e. The molecule has 36 heavy (non-hydrogen) atoms. The Kier molecular flexibility index (Phi) is 8.83. The van der Waals surface area contributed by atoms with Crippen LogP contribution >= 0.6 is 11.8 Å². The molecule has 1 N–H and O–H groups in total. The molecule has 1 atom stereocenters. The fraction of sp³-hybridized carbons (Fsp3) is 0.583. The van der Waals surface area contributed by atoms with Crippen molar-refractivity contribution in [3.63, 3.8) is 0 Å². The van der Waals surface area contributed by atoms with Gasteiger partial charge >= 0.3 is 0 Å². The number of fused-ring (bicyclic) bond motifs is 1. The van der Waals surface area contributed by atoms with Gasteiger partial charge < -0.3 is 23.8 Å². The van der Waals surface area contributed by atoms with Gasteiger partial charge in [-0.25, -0.2) is 4.98 Å². The van der Waals surface area contributed by atoms with E-state index in [1.807, 2.05) is 0 Å². The molecule has 0 radical (unpaired) electrons. The average molecular weight is 518 g/mol. The van der Waals surface area contributed by atoms with E-state index < -0.39 is 0 Å². The Bertz CT molecular complexity index is 1220. The first-order valence-corrected chi connectivity index (χ1v) is 13.1. The minimum Gasteiger partial charge on any atom is -0.493 e. The molecule has 1 aliphatic rings. The van der Waals surface area contributed by atoms with Crippen LogP contribution in [-0.4, -0.2) is 95.7 Å². The number of nitrogens with zero attached hydrogens (tertiary/aromatic N) is 6. The lowest BCUT2D eigenvalue weighted by Crippen LogP contribution is -2.38. The van der Waals surface area contributed by atoms with Gasteiger partial charge in [0.25, 0.3) is 5.56 Å². The summed E-state index contributed by atoms with van der Waals surface area (Å²) in [6.07, 6.45) is 0.929. The van der Waals surface area contributed by atoms with Gasteiger partial charge in [0, 0.05) is 32.2 Å². The molecule has 12 heteroatoms. The van der Waals surface area contributed by atoms with Crippen LogP contribution in [0.15, 0.2) is 22.1 Å². The van der Waals surface area contributed by atoms with Gasteiger partial charge in [-0.2, -0.15) is 0 Å². The standard InChI is InChI=1S/C24H35N7O4S/c1-6-18(29(2)3)22-27-28-24(31(22)8-7-30-9-11-35-12-10-30)36-15-21-25-17-14-20(34-5)19(33-4)13-16(17)23(32)26-21/h13-14,18H,6-12,15H2,1-5H3,(H,25,26,32)/t18-/m0/s1. The second-order valence-corrected chi connectivity index (χ2v) is 9.80. The number of hydrogen-bond donors (Lipinski definition) is 1. The van der Waals surface area contributed by atoms with Crippen LogP contribution in [-0.2, 0) is 17.0 Å². The van der Waals surface area contributed by atoms with Crippen LogP contribution in [0.3, 0.4) is 0 Å².